The zero-order valence-electron chi connectivity index (χ0n) is 7.35. The highest BCUT2D eigenvalue weighted by Crippen LogP contribution is 1.79. The Labute approximate surface area is 81.1 Å². The Hall–Kier alpha value is -1.69. The van der Waals surface area contributed by atoms with E-state index in [1.807, 2.05) is 36.4 Å². The first-order valence-corrected chi connectivity index (χ1v) is 3.69. The molecule has 0 aliphatic heterocycles. The van der Waals surface area contributed by atoms with Crippen molar-refractivity contribution >= 4 is 0 Å². The second-order valence-electron chi connectivity index (χ2n) is 1.91. The second kappa shape index (κ2) is 11.3. The zero-order valence-corrected chi connectivity index (χ0v) is 7.35. The second-order valence-corrected chi connectivity index (χ2v) is 1.91. The van der Waals surface area contributed by atoms with Gasteiger partial charge in [0.05, 0.1) is 6.20 Å². The van der Waals surface area contributed by atoms with Crippen LogP contribution in [0.5, 0.6) is 0 Å². The number of aromatic nitrogens is 1. The van der Waals surface area contributed by atoms with Gasteiger partial charge in [-0.1, -0.05) is 41.4 Å². The van der Waals surface area contributed by atoms with Crippen LogP contribution in [0, 0.1) is 0 Å². The van der Waals surface area contributed by atoms with Crippen LogP contribution in [-0.4, -0.2) is 15.5 Å². The maximum atomic E-state index is 6.62. The Morgan fingerprint density at radius 3 is 1.50 bits per heavy atom. The van der Waals surface area contributed by atoms with Gasteiger partial charge >= 0.3 is 0 Å². The molecule has 0 radical (unpaired) electrons. The summed E-state index contributed by atoms with van der Waals surface area (Å²) in [7, 11) is 0. The van der Waals surface area contributed by atoms with Crippen LogP contribution in [-0.2, 0) is 5.04 Å². The highest BCUT2D eigenvalue weighted by Gasteiger charge is 1.59. The Kier molecular flexibility index (Phi) is 9.94. The van der Waals surface area contributed by atoms with Crippen LogP contribution in [0.1, 0.15) is 0 Å². The minimum Gasteiger partial charge on any atom is -0.452 e. The Bertz CT molecular complexity index is 215. The summed E-state index contributed by atoms with van der Waals surface area (Å²) >= 11 is 0. The number of benzene rings is 1. The fraction of sp³-hybridized carbons (Fsp3) is 0. The first kappa shape index (κ1) is 12.3. The van der Waals surface area contributed by atoms with Gasteiger partial charge in [0.15, 0.2) is 6.39 Å². The molecular weight excluding hydrogens is 186 g/mol. The highest BCUT2D eigenvalue weighted by atomic mass is 17.4. The molecule has 2 aromatic rings. The minimum absolute atomic E-state index is 1.38. The number of hydrogen-bond donors (Lipinski definition) is 2. The third kappa shape index (κ3) is 10.3. The van der Waals surface area contributed by atoms with E-state index >= 15 is 0 Å². The smallest absolute Gasteiger partial charge is 0.180 e. The van der Waals surface area contributed by atoms with Crippen molar-refractivity contribution in [2.75, 3.05) is 0 Å². The fourth-order valence-corrected chi connectivity index (χ4v) is 0.561. The van der Waals surface area contributed by atoms with Gasteiger partial charge in [-0.05, 0) is 0 Å². The molecule has 0 unspecified atom stereocenters. The molecule has 0 aliphatic rings. The molecule has 1 aromatic carbocycles. The lowest BCUT2D eigenvalue weighted by molar-refractivity contribution is -0.465. The molecule has 0 spiro atoms. The van der Waals surface area contributed by atoms with Crippen molar-refractivity contribution in [1.29, 1.82) is 0 Å². The molecule has 0 amide bonds. The molecule has 14 heavy (non-hydrogen) atoms. The van der Waals surface area contributed by atoms with Crippen LogP contribution < -0.4 is 0 Å². The van der Waals surface area contributed by atoms with E-state index in [0.29, 0.717) is 0 Å². The van der Waals surface area contributed by atoms with E-state index in [2.05, 4.69) is 14.4 Å². The maximum absolute atomic E-state index is 6.62. The quantitative estimate of drug-likeness (QED) is 0.500. The molecule has 0 saturated heterocycles. The lowest BCUT2D eigenvalue weighted by Crippen LogP contribution is -1.60. The summed E-state index contributed by atoms with van der Waals surface area (Å²) in [6.45, 7) is 0. The van der Waals surface area contributed by atoms with Crippen LogP contribution in [0.4, 0.5) is 0 Å². The van der Waals surface area contributed by atoms with Crippen molar-refractivity contribution in [2.45, 2.75) is 0 Å². The van der Waals surface area contributed by atoms with Crippen molar-refractivity contribution in [3.05, 3.63) is 55.3 Å². The van der Waals surface area contributed by atoms with Crippen LogP contribution in [0.15, 0.2) is 59.7 Å². The number of hydrogen-bond acceptors (Lipinski definition) is 5. The van der Waals surface area contributed by atoms with Gasteiger partial charge in [0.2, 0.25) is 0 Å². The monoisotopic (exact) mass is 197 g/mol. The highest BCUT2D eigenvalue weighted by molar-refractivity contribution is 4.99. The van der Waals surface area contributed by atoms with Crippen molar-refractivity contribution < 1.29 is 20.0 Å². The van der Waals surface area contributed by atoms with E-state index in [1.165, 1.54) is 12.7 Å². The topological polar surface area (TPSA) is 75.7 Å². The van der Waals surface area contributed by atoms with Gasteiger partial charge in [-0.2, -0.15) is 0 Å². The minimum atomic E-state index is 1.38. The Balaban J connectivity index is 0.000000193. The molecule has 0 fully saturated rings. The molecule has 0 atom stereocenters. The summed E-state index contributed by atoms with van der Waals surface area (Å²) < 4.78 is 4.47. The third-order valence-corrected chi connectivity index (χ3v) is 1.01. The summed E-state index contributed by atoms with van der Waals surface area (Å²) in [4.78, 5) is 3.56. The fourth-order valence-electron chi connectivity index (χ4n) is 0.561. The predicted molar refractivity (Wildman–Crippen MR) is 49.3 cm³/mol. The summed E-state index contributed by atoms with van der Waals surface area (Å²) in [6, 6.07) is 12.0. The summed E-state index contributed by atoms with van der Waals surface area (Å²) in [5.41, 5.74) is 0. The SMILES string of the molecule is OOO.c1ccccc1.c1cocn1. The Morgan fingerprint density at radius 1 is 0.929 bits per heavy atom. The van der Waals surface area contributed by atoms with Crippen molar-refractivity contribution in [2.24, 2.45) is 0 Å². The van der Waals surface area contributed by atoms with Gasteiger partial charge in [-0.15, -0.1) is 0 Å². The molecule has 1 aromatic heterocycles. The zero-order chi connectivity index (χ0) is 10.5. The maximum Gasteiger partial charge on any atom is 0.180 e. The first-order valence-electron chi connectivity index (χ1n) is 3.69. The normalized spacial score (nSPS) is 7.57. The summed E-state index contributed by atoms with van der Waals surface area (Å²) in [6.07, 6.45) is 4.47. The van der Waals surface area contributed by atoms with E-state index < -0.39 is 0 Å². The van der Waals surface area contributed by atoms with E-state index in [-0.39, 0.29) is 0 Å². The van der Waals surface area contributed by atoms with E-state index in [9.17, 15) is 0 Å². The number of nitrogens with zero attached hydrogens (tertiary/aromatic N) is 1. The average molecular weight is 197 g/mol. The van der Waals surface area contributed by atoms with E-state index in [1.54, 1.807) is 6.20 Å². The molecule has 0 aliphatic carbocycles. The first-order chi connectivity index (χ1) is 6.91. The van der Waals surface area contributed by atoms with E-state index in [0.717, 1.165) is 0 Å². The van der Waals surface area contributed by atoms with E-state index in [4.69, 9.17) is 10.5 Å². The van der Waals surface area contributed by atoms with Crippen molar-refractivity contribution in [3.8, 4) is 0 Å². The lowest BCUT2D eigenvalue weighted by atomic mass is 10.4. The molecule has 1 heterocycles. The summed E-state index contributed by atoms with van der Waals surface area (Å²) in [5, 5.41) is 15.5. The molecule has 2 N–H and O–H groups in total. The van der Waals surface area contributed by atoms with Crippen LogP contribution in [0.3, 0.4) is 0 Å². The lowest BCUT2D eigenvalue weighted by Gasteiger charge is -1.69. The average Bonchev–Trinajstić information content (AvgIpc) is 2.80. The van der Waals surface area contributed by atoms with Gasteiger partial charge in [0.1, 0.15) is 6.26 Å². The largest absolute Gasteiger partial charge is 0.452 e. The third-order valence-electron chi connectivity index (χ3n) is 1.01. The van der Waals surface area contributed by atoms with Gasteiger partial charge in [0.25, 0.3) is 0 Å². The van der Waals surface area contributed by atoms with Gasteiger partial charge in [0, 0.05) is 0 Å². The molecule has 5 heteroatoms. The number of oxazole rings is 1. The molecule has 0 bridgehead atoms. The van der Waals surface area contributed by atoms with Crippen LogP contribution in [0.25, 0.3) is 0 Å². The molecule has 0 saturated carbocycles. The van der Waals surface area contributed by atoms with Gasteiger partial charge < -0.3 is 4.42 Å². The van der Waals surface area contributed by atoms with Gasteiger partial charge in [-0.25, -0.2) is 15.5 Å². The summed E-state index contributed by atoms with van der Waals surface area (Å²) in [5.74, 6) is 0. The molecule has 2 rings (SSSR count). The standard InChI is InChI=1S/C6H6.C3H3NO.H2O3/c1-2-4-6-5-3-1;1-2-5-3-4-1;1-3-2/h1-6H;1-3H;1-2H. The molecular formula is C9H11NO4. The van der Waals surface area contributed by atoms with Crippen molar-refractivity contribution in [3.63, 3.8) is 0 Å². The van der Waals surface area contributed by atoms with Crippen molar-refractivity contribution in [1.82, 2.24) is 4.98 Å². The Morgan fingerprint density at radius 2 is 1.36 bits per heavy atom. The molecule has 76 valence electrons. The van der Waals surface area contributed by atoms with Gasteiger partial charge in [-0.3, -0.25) is 0 Å². The number of rotatable bonds is 0. The molecule has 5 nitrogen and oxygen atoms in total. The van der Waals surface area contributed by atoms with Crippen LogP contribution >= 0.6 is 0 Å². The van der Waals surface area contributed by atoms with Crippen LogP contribution in [0.2, 0.25) is 0 Å². The predicted octanol–water partition coefficient (Wildman–Crippen LogP) is 2.31.